The number of aliphatic hydroxyl groups is 1. The van der Waals surface area contributed by atoms with Crippen LogP contribution in [-0.2, 0) is 6.42 Å². The van der Waals surface area contributed by atoms with Crippen molar-refractivity contribution in [2.24, 2.45) is 0 Å². The van der Waals surface area contributed by atoms with Crippen molar-refractivity contribution in [1.29, 1.82) is 0 Å². The van der Waals surface area contributed by atoms with Crippen LogP contribution >= 0.6 is 15.9 Å². The Labute approximate surface area is 89.8 Å². The summed E-state index contributed by atoms with van der Waals surface area (Å²) in [6.07, 6.45) is -0.0653. The molecular formula is C9H10BrNO3. The number of rotatable bonds is 3. The van der Waals surface area contributed by atoms with Gasteiger partial charge >= 0.3 is 0 Å². The Balaban J connectivity index is 3.00. The maximum absolute atomic E-state index is 10.6. The molecule has 0 aromatic heterocycles. The number of benzene rings is 1. The highest BCUT2D eigenvalue weighted by Crippen LogP contribution is 2.25. The first kappa shape index (κ1) is 11.1. The predicted octanol–water partition coefficient (Wildman–Crippen LogP) is 2.28. The fraction of sp³-hybridized carbons (Fsp3) is 0.333. The average molecular weight is 260 g/mol. The number of hydrogen-bond acceptors (Lipinski definition) is 3. The smallest absolute Gasteiger partial charge is 0.283 e. The number of halogens is 1. The molecule has 1 aromatic rings. The van der Waals surface area contributed by atoms with Crippen molar-refractivity contribution >= 4 is 21.6 Å². The second-order valence-corrected chi connectivity index (χ2v) is 3.95. The van der Waals surface area contributed by atoms with E-state index in [1.54, 1.807) is 19.1 Å². The van der Waals surface area contributed by atoms with Gasteiger partial charge in [0.25, 0.3) is 5.69 Å². The Hall–Kier alpha value is -0.940. The van der Waals surface area contributed by atoms with Crippen LogP contribution in [0.5, 0.6) is 0 Å². The molecule has 0 bridgehead atoms. The summed E-state index contributed by atoms with van der Waals surface area (Å²) in [6, 6.07) is 4.84. The lowest BCUT2D eigenvalue weighted by Crippen LogP contribution is -2.04. The van der Waals surface area contributed by atoms with Crippen LogP contribution < -0.4 is 0 Å². The van der Waals surface area contributed by atoms with E-state index in [9.17, 15) is 10.1 Å². The van der Waals surface area contributed by atoms with Crippen LogP contribution in [0.2, 0.25) is 0 Å². The summed E-state index contributed by atoms with van der Waals surface area (Å²) in [5, 5.41) is 19.7. The first-order valence-corrected chi connectivity index (χ1v) is 4.91. The largest absolute Gasteiger partial charge is 0.393 e. The van der Waals surface area contributed by atoms with Crippen LogP contribution in [0.15, 0.2) is 22.7 Å². The van der Waals surface area contributed by atoms with Gasteiger partial charge in [-0.25, -0.2) is 0 Å². The predicted molar refractivity (Wildman–Crippen MR) is 56.2 cm³/mol. The second kappa shape index (κ2) is 4.52. The Morgan fingerprint density at radius 2 is 2.29 bits per heavy atom. The molecule has 0 aliphatic heterocycles. The van der Waals surface area contributed by atoms with Gasteiger partial charge in [0, 0.05) is 6.07 Å². The van der Waals surface area contributed by atoms with Crippen LogP contribution in [0.4, 0.5) is 5.69 Å². The maximum Gasteiger partial charge on any atom is 0.283 e. The number of hydrogen-bond donors (Lipinski definition) is 1. The van der Waals surface area contributed by atoms with Gasteiger partial charge in [0.05, 0.1) is 15.5 Å². The summed E-state index contributed by atoms with van der Waals surface area (Å²) in [7, 11) is 0. The zero-order chi connectivity index (χ0) is 10.7. The van der Waals surface area contributed by atoms with Crippen LogP contribution in [0.3, 0.4) is 0 Å². The zero-order valence-electron chi connectivity index (χ0n) is 7.61. The number of nitrogens with zero attached hydrogens (tertiary/aromatic N) is 1. The van der Waals surface area contributed by atoms with E-state index in [0.29, 0.717) is 10.9 Å². The van der Waals surface area contributed by atoms with Gasteiger partial charge < -0.3 is 5.11 Å². The van der Waals surface area contributed by atoms with E-state index in [0.717, 1.165) is 5.56 Å². The minimum atomic E-state index is -0.490. The van der Waals surface area contributed by atoms with Crippen LogP contribution in [0.1, 0.15) is 12.5 Å². The molecular weight excluding hydrogens is 250 g/mol. The van der Waals surface area contributed by atoms with Gasteiger partial charge in [0.1, 0.15) is 0 Å². The SMILES string of the molecule is C[C@@H](O)Cc1ccc(Br)c([N+](=O)[O-])c1. The van der Waals surface area contributed by atoms with E-state index in [4.69, 9.17) is 5.11 Å². The van der Waals surface area contributed by atoms with Crippen molar-refractivity contribution in [3.05, 3.63) is 38.3 Å². The Kier molecular flexibility index (Phi) is 3.60. The number of nitro groups is 1. The molecule has 0 unspecified atom stereocenters. The topological polar surface area (TPSA) is 63.4 Å². The van der Waals surface area contributed by atoms with E-state index in [2.05, 4.69) is 15.9 Å². The molecule has 0 amide bonds. The third-order valence-electron chi connectivity index (χ3n) is 1.74. The van der Waals surface area contributed by atoms with E-state index in [1.165, 1.54) is 6.07 Å². The maximum atomic E-state index is 10.6. The highest BCUT2D eigenvalue weighted by atomic mass is 79.9. The molecule has 1 rings (SSSR count). The molecule has 14 heavy (non-hydrogen) atoms. The van der Waals surface area contributed by atoms with Crippen molar-refractivity contribution in [2.75, 3.05) is 0 Å². The Morgan fingerprint density at radius 1 is 1.64 bits per heavy atom. The van der Waals surface area contributed by atoms with Gasteiger partial charge in [-0.1, -0.05) is 6.07 Å². The molecule has 76 valence electrons. The molecule has 0 spiro atoms. The summed E-state index contributed by atoms with van der Waals surface area (Å²) >= 11 is 3.09. The fourth-order valence-corrected chi connectivity index (χ4v) is 1.56. The van der Waals surface area contributed by atoms with E-state index < -0.39 is 11.0 Å². The molecule has 0 radical (unpaired) electrons. The monoisotopic (exact) mass is 259 g/mol. The minimum Gasteiger partial charge on any atom is -0.393 e. The normalized spacial score (nSPS) is 12.5. The molecule has 0 saturated heterocycles. The van der Waals surface area contributed by atoms with Crippen molar-refractivity contribution in [2.45, 2.75) is 19.4 Å². The second-order valence-electron chi connectivity index (χ2n) is 3.10. The minimum absolute atomic E-state index is 0.0307. The summed E-state index contributed by atoms with van der Waals surface area (Å²) < 4.78 is 0.455. The van der Waals surface area contributed by atoms with Crippen molar-refractivity contribution in [3.8, 4) is 0 Å². The molecule has 5 heteroatoms. The van der Waals surface area contributed by atoms with Crippen LogP contribution in [0.25, 0.3) is 0 Å². The van der Waals surface area contributed by atoms with Gasteiger partial charge in [0.15, 0.2) is 0 Å². The average Bonchev–Trinajstić information content (AvgIpc) is 2.07. The van der Waals surface area contributed by atoms with Crippen molar-refractivity contribution < 1.29 is 10.0 Å². The van der Waals surface area contributed by atoms with Gasteiger partial charge in [-0.05, 0) is 40.9 Å². The lowest BCUT2D eigenvalue weighted by atomic mass is 10.1. The van der Waals surface area contributed by atoms with Crippen LogP contribution in [0, 0.1) is 10.1 Å². The summed E-state index contributed by atoms with van der Waals surface area (Å²) in [6.45, 7) is 1.65. The Morgan fingerprint density at radius 3 is 2.79 bits per heavy atom. The first-order chi connectivity index (χ1) is 6.50. The van der Waals surface area contributed by atoms with E-state index in [1.807, 2.05) is 0 Å². The molecule has 0 aliphatic rings. The molecule has 4 nitrogen and oxygen atoms in total. The third kappa shape index (κ3) is 2.78. The lowest BCUT2D eigenvalue weighted by molar-refractivity contribution is -0.385. The van der Waals surface area contributed by atoms with Gasteiger partial charge in [-0.3, -0.25) is 10.1 Å². The summed E-state index contributed by atoms with van der Waals surface area (Å²) in [4.78, 5) is 10.1. The third-order valence-corrected chi connectivity index (χ3v) is 2.41. The molecule has 0 saturated carbocycles. The standard InChI is InChI=1S/C9H10BrNO3/c1-6(12)4-7-2-3-8(10)9(5-7)11(13)14/h2-3,5-6,12H,4H2,1H3/t6-/m1/s1. The fourth-order valence-electron chi connectivity index (χ4n) is 1.17. The van der Waals surface area contributed by atoms with E-state index in [-0.39, 0.29) is 5.69 Å². The quantitative estimate of drug-likeness (QED) is 0.669. The first-order valence-electron chi connectivity index (χ1n) is 4.11. The Bertz CT molecular complexity index is 352. The molecule has 0 aliphatic carbocycles. The van der Waals surface area contributed by atoms with Gasteiger partial charge in [-0.2, -0.15) is 0 Å². The number of aliphatic hydroxyl groups excluding tert-OH is 1. The molecule has 1 aromatic carbocycles. The zero-order valence-corrected chi connectivity index (χ0v) is 9.19. The highest BCUT2D eigenvalue weighted by molar-refractivity contribution is 9.10. The summed E-state index contributed by atoms with van der Waals surface area (Å²) in [5.41, 5.74) is 0.790. The van der Waals surface area contributed by atoms with Gasteiger partial charge in [-0.15, -0.1) is 0 Å². The van der Waals surface area contributed by atoms with Gasteiger partial charge in [0.2, 0.25) is 0 Å². The van der Waals surface area contributed by atoms with Crippen molar-refractivity contribution in [1.82, 2.24) is 0 Å². The molecule has 0 heterocycles. The van der Waals surface area contributed by atoms with E-state index >= 15 is 0 Å². The lowest BCUT2D eigenvalue weighted by Gasteiger charge is -2.04. The molecule has 0 fully saturated rings. The highest BCUT2D eigenvalue weighted by Gasteiger charge is 2.12. The summed E-state index contributed by atoms with van der Waals surface area (Å²) in [5.74, 6) is 0. The van der Waals surface area contributed by atoms with Crippen molar-refractivity contribution in [3.63, 3.8) is 0 Å². The number of nitro benzene ring substituents is 1. The molecule has 1 atom stereocenters. The van der Waals surface area contributed by atoms with Crippen LogP contribution in [-0.4, -0.2) is 16.1 Å². The molecule has 1 N–H and O–H groups in total.